The molecule has 4 aromatic rings. The highest BCUT2D eigenvalue weighted by Gasteiger charge is 2.16. The summed E-state index contributed by atoms with van der Waals surface area (Å²) in [7, 11) is 1.61. The van der Waals surface area contributed by atoms with Crippen LogP contribution in [0.5, 0.6) is 5.75 Å². The van der Waals surface area contributed by atoms with Gasteiger partial charge in [0.25, 0.3) is 5.91 Å². The number of amides is 1. The van der Waals surface area contributed by atoms with Gasteiger partial charge >= 0.3 is 0 Å². The van der Waals surface area contributed by atoms with Crippen LogP contribution in [0, 0.1) is 0 Å². The molecule has 0 bridgehead atoms. The zero-order chi connectivity index (χ0) is 18.6. The maximum absolute atomic E-state index is 12.2. The van der Waals surface area contributed by atoms with E-state index >= 15 is 0 Å². The summed E-state index contributed by atoms with van der Waals surface area (Å²) in [6.45, 7) is 0.196. The highest BCUT2D eigenvalue weighted by molar-refractivity contribution is 5.92. The largest absolute Gasteiger partial charge is 0.497 e. The summed E-state index contributed by atoms with van der Waals surface area (Å²) in [6, 6.07) is 14.1. The van der Waals surface area contributed by atoms with Gasteiger partial charge in [-0.15, -0.1) is 0 Å². The standard InChI is InChI=1S/C19H15N3O5/c1-24-14-6-4-12(5-7-14)17-9-13(21-26-17)11-20-19(23)15-10-18(27-22-15)16-3-2-8-25-16/h2-10H,11H2,1H3,(H,20,23). The van der Waals surface area contributed by atoms with Gasteiger partial charge in [-0.1, -0.05) is 10.3 Å². The molecule has 0 spiro atoms. The van der Waals surface area contributed by atoms with Crippen molar-refractivity contribution in [3.63, 3.8) is 0 Å². The first-order valence-corrected chi connectivity index (χ1v) is 8.12. The number of hydrogen-bond donors (Lipinski definition) is 1. The van der Waals surface area contributed by atoms with Crippen molar-refractivity contribution in [3.8, 4) is 28.6 Å². The molecule has 0 aliphatic carbocycles. The molecule has 0 saturated carbocycles. The van der Waals surface area contributed by atoms with E-state index in [4.69, 9.17) is 18.2 Å². The van der Waals surface area contributed by atoms with E-state index in [2.05, 4.69) is 15.6 Å². The van der Waals surface area contributed by atoms with Gasteiger partial charge in [0.15, 0.2) is 17.2 Å². The first-order valence-electron chi connectivity index (χ1n) is 8.12. The number of nitrogens with zero attached hydrogens (tertiary/aromatic N) is 2. The van der Waals surface area contributed by atoms with Crippen molar-refractivity contribution in [1.29, 1.82) is 0 Å². The van der Waals surface area contributed by atoms with Gasteiger partial charge in [-0.2, -0.15) is 0 Å². The first-order chi connectivity index (χ1) is 13.2. The second-order valence-corrected chi connectivity index (χ2v) is 5.65. The number of nitrogens with one attached hydrogen (secondary N) is 1. The van der Waals surface area contributed by atoms with Gasteiger partial charge in [0.2, 0.25) is 5.76 Å². The lowest BCUT2D eigenvalue weighted by atomic mass is 10.1. The van der Waals surface area contributed by atoms with E-state index in [1.54, 1.807) is 25.3 Å². The van der Waals surface area contributed by atoms with Crippen molar-refractivity contribution < 1.29 is 23.0 Å². The van der Waals surface area contributed by atoms with Crippen LogP contribution in [0.2, 0.25) is 0 Å². The zero-order valence-corrected chi connectivity index (χ0v) is 14.3. The van der Waals surface area contributed by atoms with Crippen LogP contribution in [0.1, 0.15) is 16.2 Å². The summed E-state index contributed by atoms with van der Waals surface area (Å²) >= 11 is 0. The minimum atomic E-state index is -0.384. The number of benzene rings is 1. The van der Waals surface area contributed by atoms with Crippen LogP contribution in [0.25, 0.3) is 22.8 Å². The van der Waals surface area contributed by atoms with Crippen LogP contribution in [0.15, 0.2) is 68.3 Å². The molecule has 8 nitrogen and oxygen atoms in total. The number of carbonyl (C=O) groups excluding carboxylic acids is 1. The maximum atomic E-state index is 12.2. The predicted molar refractivity (Wildman–Crippen MR) is 93.9 cm³/mol. The molecule has 3 heterocycles. The number of aromatic nitrogens is 2. The van der Waals surface area contributed by atoms with Crippen LogP contribution < -0.4 is 10.1 Å². The van der Waals surface area contributed by atoms with E-state index in [9.17, 15) is 4.79 Å². The van der Waals surface area contributed by atoms with E-state index in [0.29, 0.717) is 23.0 Å². The Morgan fingerprint density at radius 2 is 1.85 bits per heavy atom. The molecular formula is C19H15N3O5. The van der Waals surface area contributed by atoms with Gasteiger partial charge in [-0.05, 0) is 36.4 Å². The summed E-state index contributed by atoms with van der Waals surface area (Å²) in [5.74, 6) is 1.86. The number of ether oxygens (including phenoxy) is 1. The Bertz CT molecular complexity index is 1030. The Morgan fingerprint density at radius 3 is 2.59 bits per heavy atom. The van der Waals surface area contributed by atoms with Gasteiger partial charge < -0.3 is 23.5 Å². The quantitative estimate of drug-likeness (QED) is 0.557. The summed E-state index contributed by atoms with van der Waals surface area (Å²) in [4.78, 5) is 12.2. The third-order valence-electron chi connectivity index (χ3n) is 3.87. The monoisotopic (exact) mass is 365 g/mol. The van der Waals surface area contributed by atoms with Crippen molar-refractivity contribution in [2.45, 2.75) is 6.54 Å². The Kier molecular flexibility index (Phi) is 4.44. The molecule has 1 amide bonds. The van der Waals surface area contributed by atoms with Crippen molar-refractivity contribution in [3.05, 3.63) is 66.2 Å². The molecule has 136 valence electrons. The summed E-state index contributed by atoms with van der Waals surface area (Å²) in [6.07, 6.45) is 1.52. The average molecular weight is 365 g/mol. The summed E-state index contributed by atoms with van der Waals surface area (Å²) < 4.78 is 20.8. The van der Waals surface area contributed by atoms with Gasteiger partial charge in [-0.25, -0.2) is 0 Å². The molecular weight excluding hydrogens is 350 g/mol. The fourth-order valence-corrected chi connectivity index (χ4v) is 2.46. The molecule has 0 fully saturated rings. The van der Waals surface area contributed by atoms with Gasteiger partial charge in [0.05, 0.1) is 19.9 Å². The topological polar surface area (TPSA) is 104 Å². The Hall–Kier alpha value is -3.81. The first kappa shape index (κ1) is 16.6. The molecule has 0 radical (unpaired) electrons. The predicted octanol–water partition coefficient (Wildman–Crippen LogP) is 3.53. The third-order valence-corrected chi connectivity index (χ3v) is 3.87. The third kappa shape index (κ3) is 3.59. The van der Waals surface area contributed by atoms with E-state index in [1.807, 2.05) is 24.3 Å². The normalized spacial score (nSPS) is 10.7. The maximum Gasteiger partial charge on any atom is 0.273 e. The minimum Gasteiger partial charge on any atom is -0.497 e. The van der Waals surface area contributed by atoms with E-state index < -0.39 is 0 Å². The Morgan fingerprint density at radius 1 is 1.04 bits per heavy atom. The molecule has 0 saturated heterocycles. The lowest BCUT2D eigenvalue weighted by Crippen LogP contribution is -2.23. The van der Waals surface area contributed by atoms with E-state index in [1.165, 1.54) is 12.3 Å². The summed E-state index contributed by atoms with van der Waals surface area (Å²) in [5, 5.41) is 10.4. The fourth-order valence-electron chi connectivity index (χ4n) is 2.46. The fraction of sp³-hybridized carbons (Fsp3) is 0.105. The molecule has 0 aliphatic rings. The number of methoxy groups -OCH3 is 1. The molecule has 0 atom stereocenters. The minimum absolute atomic E-state index is 0.153. The van der Waals surface area contributed by atoms with Gasteiger partial charge in [-0.3, -0.25) is 4.79 Å². The number of hydrogen-bond acceptors (Lipinski definition) is 7. The van der Waals surface area contributed by atoms with Crippen LogP contribution >= 0.6 is 0 Å². The number of rotatable bonds is 6. The molecule has 1 N–H and O–H groups in total. The molecule has 3 aromatic heterocycles. The van der Waals surface area contributed by atoms with Crippen molar-refractivity contribution in [1.82, 2.24) is 15.6 Å². The van der Waals surface area contributed by atoms with Crippen LogP contribution in [-0.4, -0.2) is 23.3 Å². The SMILES string of the molecule is COc1ccc(-c2cc(CNC(=O)c3cc(-c4ccco4)on3)no2)cc1. The number of carbonyl (C=O) groups is 1. The Labute approximate surface area is 153 Å². The molecule has 0 aliphatic heterocycles. The molecule has 1 aromatic carbocycles. The van der Waals surface area contributed by atoms with Gasteiger partial charge in [0, 0.05) is 17.7 Å². The smallest absolute Gasteiger partial charge is 0.273 e. The summed E-state index contributed by atoms with van der Waals surface area (Å²) in [5.41, 5.74) is 1.60. The van der Waals surface area contributed by atoms with Gasteiger partial charge in [0.1, 0.15) is 11.4 Å². The second kappa shape index (κ2) is 7.20. The molecule has 27 heavy (non-hydrogen) atoms. The Balaban J connectivity index is 1.39. The second-order valence-electron chi connectivity index (χ2n) is 5.65. The van der Waals surface area contributed by atoms with Crippen LogP contribution in [0.3, 0.4) is 0 Å². The molecule has 0 unspecified atom stereocenters. The van der Waals surface area contributed by atoms with Crippen molar-refractivity contribution >= 4 is 5.91 Å². The highest BCUT2D eigenvalue weighted by atomic mass is 16.5. The molecule has 4 rings (SSSR count). The zero-order valence-electron chi connectivity index (χ0n) is 14.3. The number of furan rings is 1. The van der Waals surface area contributed by atoms with E-state index in [-0.39, 0.29) is 18.1 Å². The lowest BCUT2D eigenvalue weighted by molar-refractivity contribution is 0.0941. The van der Waals surface area contributed by atoms with Crippen molar-refractivity contribution in [2.75, 3.05) is 7.11 Å². The average Bonchev–Trinajstić information content (AvgIpc) is 3.47. The van der Waals surface area contributed by atoms with E-state index in [0.717, 1.165) is 11.3 Å². The lowest BCUT2D eigenvalue weighted by Gasteiger charge is -1.99. The highest BCUT2D eigenvalue weighted by Crippen LogP contribution is 2.23. The van der Waals surface area contributed by atoms with Crippen LogP contribution in [0.4, 0.5) is 0 Å². The van der Waals surface area contributed by atoms with Crippen LogP contribution in [-0.2, 0) is 6.54 Å². The molecule has 8 heteroatoms. The van der Waals surface area contributed by atoms with Crippen molar-refractivity contribution in [2.24, 2.45) is 0 Å².